The second kappa shape index (κ2) is 7.67. The Bertz CT molecular complexity index is 644. The Morgan fingerprint density at radius 1 is 1.27 bits per heavy atom. The molecule has 0 unspecified atom stereocenters. The highest BCUT2D eigenvalue weighted by Crippen LogP contribution is 2.16. The standard InChI is InChI=1S/C15H19ClN4OS/c1-11-17-18-14(22-11)15(21)20(8-7-19(2)3)10-12-5-4-6-13(16)9-12/h4-6,9H,7-8,10H2,1-3H3. The third-order valence-corrected chi connectivity index (χ3v) is 4.14. The summed E-state index contributed by atoms with van der Waals surface area (Å²) in [6, 6.07) is 7.56. The molecule has 1 heterocycles. The minimum atomic E-state index is -0.0903. The molecule has 0 spiro atoms. The lowest BCUT2D eigenvalue weighted by atomic mass is 10.2. The second-order valence-electron chi connectivity index (χ2n) is 5.29. The number of nitrogens with zero attached hydrogens (tertiary/aromatic N) is 4. The molecule has 118 valence electrons. The van der Waals surface area contributed by atoms with E-state index in [0.717, 1.165) is 17.1 Å². The van der Waals surface area contributed by atoms with E-state index < -0.39 is 0 Å². The Kier molecular flexibility index (Phi) is 5.88. The third-order valence-electron chi connectivity index (χ3n) is 3.08. The normalized spacial score (nSPS) is 11.0. The van der Waals surface area contributed by atoms with Gasteiger partial charge in [-0.15, -0.1) is 10.2 Å². The minimum Gasteiger partial charge on any atom is -0.331 e. The zero-order valence-electron chi connectivity index (χ0n) is 12.9. The lowest BCUT2D eigenvalue weighted by Gasteiger charge is -2.23. The Morgan fingerprint density at radius 3 is 2.64 bits per heavy atom. The molecule has 0 N–H and O–H groups in total. The summed E-state index contributed by atoms with van der Waals surface area (Å²) in [5.41, 5.74) is 1.00. The predicted octanol–water partition coefficient (Wildman–Crippen LogP) is 2.70. The van der Waals surface area contributed by atoms with Crippen LogP contribution in [0.2, 0.25) is 5.02 Å². The molecular formula is C15H19ClN4OS. The number of likely N-dealkylation sites (N-methyl/N-ethyl adjacent to an activating group) is 1. The van der Waals surface area contributed by atoms with Crippen molar-refractivity contribution in [1.29, 1.82) is 0 Å². The average Bonchev–Trinajstić information content (AvgIpc) is 2.89. The fourth-order valence-electron chi connectivity index (χ4n) is 1.95. The zero-order valence-corrected chi connectivity index (χ0v) is 14.5. The first-order valence-corrected chi connectivity index (χ1v) is 8.13. The van der Waals surface area contributed by atoms with Gasteiger partial charge in [0.2, 0.25) is 5.01 Å². The molecule has 0 atom stereocenters. The summed E-state index contributed by atoms with van der Waals surface area (Å²) >= 11 is 7.34. The molecule has 0 fully saturated rings. The molecule has 0 bridgehead atoms. The van der Waals surface area contributed by atoms with E-state index in [1.165, 1.54) is 11.3 Å². The summed E-state index contributed by atoms with van der Waals surface area (Å²) < 4.78 is 0. The smallest absolute Gasteiger partial charge is 0.285 e. The van der Waals surface area contributed by atoms with Crippen LogP contribution in [0.25, 0.3) is 0 Å². The average molecular weight is 339 g/mol. The van der Waals surface area contributed by atoms with Crippen LogP contribution < -0.4 is 0 Å². The quantitative estimate of drug-likeness (QED) is 0.812. The molecular weight excluding hydrogens is 320 g/mol. The van der Waals surface area contributed by atoms with Gasteiger partial charge >= 0.3 is 0 Å². The van der Waals surface area contributed by atoms with E-state index in [4.69, 9.17) is 11.6 Å². The maximum Gasteiger partial charge on any atom is 0.285 e. The monoisotopic (exact) mass is 338 g/mol. The lowest BCUT2D eigenvalue weighted by molar-refractivity contribution is 0.0730. The van der Waals surface area contributed by atoms with Crippen molar-refractivity contribution in [3.05, 3.63) is 44.9 Å². The maximum absolute atomic E-state index is 12.6. The van der Waals surface area contributed by atoms with Gasteiger partial charge in [-0.1, -0.05) is 35.1 Å². The van der Waals surface area contributed by atoms with Crippen LogP contribution in [0, 0.1) is 6.92 Å². The van der Waals surface area contributed by atoms with Crippen molar-refractivity contribution < 1.29 is 4.79 Å². The van der Waals surface area contributed by atoms with Crippen LogP contribution in [0.15, 0.2) is 24.3 Å². The molecule has 1 aromatic carbocycles. The van der Waals surface area contributed by atoms with Crippen LogP contribution in [0.1, 0.15) is 20.4 Å². The van der Waals surface area contributed by atoms with E-state index in [-0.39, 0.29) is 5.91 Å². The van der Waals surface area contributed by atoms with Crippen molar-refractivity contribution in [3.8, 4) is 0 Å². The van der Waals surface area contributed by atoms with Crippen LogP contribution in [-0.4, -0.2) is 53.1 Å². The van der Waals surface area contributed by atoms with Crippen LogP contribution in [0.4, 0.5) is 0 Å². The van der Waals surface area contributed by atoms with Gasteiger partial charge in [-0.25, -0.2) is 0 Å². The lowest BCUT2D eigenvalue weighted by Crippen LogP contribution is -2.36. The highest BCUT2D eigenvalue weighted by Gasteiger charge is 2.20. The van der Waals surface area contributed by atoms with Crippen molar-refractivity contribution in [3.63, 3.8) is 0 Å². The van der Waals surface area contributed by atoms with Gasteiger partial charge in [-0.05, 0) is 38.7 Å². The Balaban J connectivity index is 2.16. The molecule has 0 radical (unpaired) electrons. The number of carbonyl (C=O) groups is 1. The second-order valence-corrected chi connectivity index (χ2v) is 6.90. The van der Waals surface area contributed by atoms with E-state index in [9.17, 15) is 4.79 Å². The summed E-state index contributed by atoms with van der Waals surface area (Å²) in [6.45, 7) is 3.75. The number of aromatic nitrogens is 2. The Hall–Kier alpha value is -1.50. The molecule has 22 heavy (non-hydrogen) atoms. The van der Waals surface area contributed by atoms with Crippen LogP contribution in [0.3, 0.4) is 0 Å². The SMILES string of the molecule is Cc1nnc(C(=O)N(CCN(C)C)Cc2cccc(Cl)c2)s1. The van der Waals surface area contributed by atoms with Crippen LogP contribution in [-0.2, 0) is 6.54 Å². The van der Waals surface area contributed by atoms with Crippen molar-refractivity contribution in [2.45, 2.75) is 13.5 Å². The molecule has 7 heteroatoms. The third kappa shape index (κ3) is 4.76. The first-order chi connectivity index (χ1) is 10.5. The molecule has 1 amide bonds. The number of rotatable bonds is 6. The number of halogens is 1. The topological polar surface area (TPSA) is 49.3 Å². The van der Waals surface area contributed by atoms with E-state index in [1.807, 2.05) is 50.2 Å². The van der Waals surface area contributed by atoms with Gasteiger partial charge in [0.15, 0.2) is 0 Å². The summed E-state index contributed by atoms with van der Waals surface area (Å²) in [5, 5.41) is 9.78. The molecule has 5 nitrogen and oxygen atoms in total. The minimum absolute atomic E-state index is 0.0903. The summed E-state index contributed by atoms with van der Waals surface area (Å²) in [4.78, 5) is 16.5. The van der Waals surface area contributed by atoms with Gasteiger partial charge in [-0.3, -0.25) is 4.79 Å². The van der Waals surface area contributed by atoms with Crippen molar-refractivity contribution in [2.24, 2.45) is 0 Å². The highest BCUT2D eigenvalue weighted by atomic mass is 35.5. The van der Waals surface area contributed by atoms with Crippen LogP contribution >= 0.6 is 22.9 Å². The number of hydrogen-bond acceptors (Lipinski definition) is 5. The number of hydrogen-bond donors (Lipinski definition) is 0. The van der Waals surface area contributed by atoms with Crippen molar-refractivity contribution >= 4 is 28.8 Å². The van der Waals surface area contributed by atoms with Gasteiger partial charge < -0.3 is 9.80 Å². The van der Waals surface area contributed by atoms with Crippen LogP contribution in [0.5, 0.6) is 0 Å². The number of amides is 1. The fourth-order valence-corrected chi connectivity index (χ4v) is 2.82. The molecule has 0 saturated carbocycles. The summed E-state index contributed by atoms with van der Waals surface area (Å²) in [5.74, 6) is -0.0903. The van der Waals surface area contributed by atoms with E-state index in [1.54, 1.807) is 4.90 Å². The summed E-state index contributed by atoms with van der Waals surface area (Å²) in [6.07, 6.45) is 0. The largest absolute Gasteiger partial charge is 0.331 e. The molecule has 1 aromatic heterocycles. The molecule has 2 aromatic rings. The van der Waals surface area contributed by atoms with Gasteiger partial charge in [0.05, 0.1) is 0 Å². The van der Waals surface area contributed by atoms with E-state index >= 15 is 0 Å². The van der Waals surface area contributed by atoms with Gasteiger partial charge in [0.25, 0.3) is 5.91 Å². The fraction of sp³-hybridized carbons (Fsp3) is 0.400. The molecule has 0 aliphatic heterocycles. The first kappa shape index (κ1) is 16.9. The Labute approximate surface area is 139 Å². The number of carbonyl (C=O) groups excluding carboxylic acids is 1. The number of aryl methyl sites for hydroxylation is 1. The molecule has 0 aliphatic rings. The van der Waals surface area contributed by atoms with E-state index in [2.05, 4.69) is 10.2 Å². The first-order valence-electron chi connectivity index (χ1n) is 6.94. The molecule has 0 aliphatic carbocycles. The summed E-state index contributed by atoms with van der Waals surface area (Å²) in [7, 11) is 3.97. The van der Waals surface area contributed by atoms with Crippen molar-refractivity contribution in [2.75, 3.05) is 27.2 Å². The number of benzene rings is 1. The predicted molar refractivity (Wildman–Crippen MR) is 89.4 cm³/mol. The zero-order chi connectivity index (χ0) is 16.1. The van der Waals surface area contributed by atoms with E-state index in [0.29, 0.717) is 23.1 Å². The Morgan fingerprint density at radius 2 is 2.05 bits per heavy atom. The maximum atomic E-state index is 12.6. The van der Waals surface area contributed by atoms with Gasteiger partial charge in [0.1, 0.15) is 5.01 Å². The molecule has 0 saturated heterocycles. The van der Waals surface area contributed by atoms with Gasteiger partial charge in [-0.2, -0.15) is 0 Å². The van der Waals surface area contributed by atoms with Crippen molar-refractivity contribution in [1.82, 2.24) is 20.0 Å². The molecule has 2 rings (SSSR count). The van der Waals surface area contributed by atoms with Gasteiger partial charge in [0, 0.05) is 24.7 Å². The highest BCUT2D eigenvalue weighted by molar-refractivity contribution is 7.13.